The van der Waals surface area contributed by atoms with E-state index in [0.717, 1.165) is 32.0 Å². The number of guanidine groups is 1. The van der Waals surface area contributed by atoms with Crippen LogP contribution in [0.1, 0.15) is 36.9 Å². The number of hydrogen-bond donors (Lipinski definition) is 2. The lowest BCUT2D eigenvalue weighted by Crippen LogP contribution is -2.51. The van der Waals surface area contributed by atoms with Gasteiger partial charge in [0.25, 0.3) is 0 Å². The van der Waals surface area contributed by atoms with Crippen molar-refractivity contribution in [1.82, 2.24) is 25.3 Å². The molecule has 1 aromatic heterocycles. The van der Waals surface area contributed by atoms with E-state index in [-0.39, 0.29) is 6.04 Å². The molecule has 2 unspecified atom stereocenters. The zero-order chi connectivity index (χ0) is 21.5. The van der Waals surface area contributed by atoms with Gasteiger partial charge in [0.05, 0.1) is 18.8 Å². The highest BCUT2D eigenvalue weighted by molar-refractivity contribution is 5.80. The molecule has 1 aromatic carbocycles. The predicted molar refractivity (Wildman–Crippen MR) is 125 cm³/mol. The number of anilines is 1. The van der Waals surface area contributed by atoms with Gasteiger partial charge in [-0.3, -0.25) is 9.67 Å². The summed E-state index contributed by atoms with van der Waals surface area (Å²) >= 11 is 0. The minimum atomic E-state index is 0.199. The largest absolute Gasteiger partial charge is 0.369 e. The maximum atomic E-state index is 4.92. The lowest BCUT2D eigenvalue weighted by Gasteiger charge is -2.35. The third-order valence-electron chi connectivity index (χ3n) is 5.66. The number of aromatic nitrogens is 2. The molecule has 2 N–H and O–H groups in total. The zero-order valence-electron chi connectivity index (χ0n) is 19.1. The van der Waals surface area contributed by atoms with Crippen LogP contribution in [0.3, 0.4) is 0 Å². The van der Waals surface area contributed by atoms with Gasteiger partial charge in [0, 0.05) is 50.2 Å². The van der Waals surface area contributed by atoms with Crippen LogP contribution in [0.15, 0.2) is 41.7 Å². The van der Waals surface area contributed by atoms with Crippen molar-refractivity contribution in [2.75, 3.05) is 45.2 Å². The molecular formula is C23H37N7. The van der Waals surface area contributed by atoms with Crippen molar-refractivity contribution >= 4 is 11.6 Å². The number of aliphatic imine (C=N–C) groups is 1. The number of hydrogen-bond acceptors (Lipinski definition) is 4. The summed E-state index contributed by atoms with van der Waals surface area (Å²) in [6, 6.07) is 9.42. The molecule has 1 saturated heterocycles. The van der Waals surface area contributed by atoms with Crippen molar-refractivity contribution < 1.29 is 0 Å². The molecule has 7 heteroatoms. The van der Waals surface area contributed by atoms with E-state index < -0.39 is 0 Å². The van der Waals surface area contributed by atoms with E-state index in [1.807, 2.05) is 17.9 Å². The predicted octanol–water partition coefficient (Wildman–Crippen LogP) is 2.56. The van der Waals surface area contributed by atoms with Gasteiger partial charge >= 0.3 is 0 Å². The van der Waals surface area contributed by atoms with Crippen LogP contribution in [0.2, 0.25) is 0 Å². The Kier molecular flexibility index (Phi) is 7.74. The lowest BCUT2D eigenvalue weighted by atomic mass is 10.0. The SMILES string of the molecule is CCNC(=NCC(c1cnn(C)c1)N(C)C)NC1CCCN(c2ccc(C)cc2)C1. The van der Waals surface area contributed by atoms with Crippen LogP contribution in [0, 0.1) is 6.92 Å². The molecule has 1 aliphatic rings. The van der Waals surface area contributed by atoms with E-state index in [0.29, 0.717) is 12.6 Å². The van der Waals surface area contributed by atoms with Crippen molar-refractivity contribution in [1.29, 1.82) is 0 Å². The lowest BCUT2D eigenvalue weighted by molar-refractivity contribution is 0.306. The average Bonchev–Trinajstić information content (AvgIpc) is 3.14. The molecule has 0 radical (unpaired) electrons. The maximum absolute atomic E-state index is 4.92. The van der Waals surface area contributed by atoms with Crippen molar-refractivity contribution in [3.63, 3.8) is 0 Å². The van der Waals surface area contributed by atoms with Gasteiger partial charge in [-0.2, -0.15) is 5.10 Å². The van der Waals surface area contributed by atoms with Gasteiger partial charge in [0.2, 0.25) is 0 Å². The number of nitrogens with one attached hydrogen (secondary N) is 2. The standard InChI is InChI=1S/C23H37N7/c1-6-24-23(25-15-22(28(3)4)19-14-26-29(5)16-19)27-20-8-7-13-30(17-20)21-11-9-18(2)10-12-21/h9-12,14,16,20,22H,6-8,13,15,17H2,1-5H3,(H2,24,25,27). The molecule has 2 aromatic rings. The molecule has 2 heterocycles. The van der Waals surface area contributed by atoms with Crippen LogP contribution in [-0.2, 0) is 7.05 Å². The van der Waals surface area contributed by atoms with Crippen LogP contribution in [0.5, 0.6) is 0 Å². The molecule has 1 fully saturated rings. The van der Waals surface area contributed by atoms with Gasteiger partial charge in [0.15, 0.2) is 5.96 Å². The third-order valence-corrected chi connectivity index (χ3v) is 5.66. The molecule has 0 bridgehead atoms. The molecule has 2 atom stereocenters. The van der Waals surface area contributed by atoms with Crippen LogP contribution in [0.25, 0.3) is 0 Å². The Morgan fingerprint density at radius 2 is 2.07 bits per heavy atom. The van der Waals surface area contributed by atoms with Crippen LogP contribution >= 0.6 is 0 Å². The van der Waals surface area contributed by atoms with Crippen LogP contribution in [0.4, 0.5) is 5.69 Å². The molecule has 164 valence electrons. The molecular weight excluding hydrogens is 374 g/mol. The Balaban J connectivity index is 1.65. The van der Waals surface area contributed by atoms with E-state index >= 15 is 0 Å². The smallest absolute Gasteiger partial charge is 0.191 e. The monoisotopic (exact) mass is 411 g/mol. The molecule has 0 aliphatic carbocycles. The summed E-state index contributed by atoms with van der Waals surface area (Å²) in [5, 5.41) is 11.4. The Bertz CT molecular complexity index is 809. The third kappa shape index (κ3) is 5.98. The molecule has 1 aliphatic heterocycles. The van der Waals surface area contributed by atoms with E-state index in [9.17, 15) is 0 Å². The highest BCUT2D eigenvalue weighted by atomic mass is 15.3. The fourth-order valence-corrected chi connectivity index (χ4v) is 3.96. The summed E-state index contributed by atoms with van der Waals surface area (Å²) in [4.78, 5) is 9.59. The zero-order valence-corrected chi connectivity index (χ0v) is 19.1. The molecule has 3 rings (SSSR count). The minimum Gasteiger partial charge on any atom is -0.369 e. The summed E-state index contributed by atoms with van der Waals surface area (Å²) in [5.74, 6) is 0.893. The molecule has 0 spiro atoms. The quantitative estimate of drug-likeness (QED) is 0.542. The van der Waals surface area contributed by atoms with Gasteiger partial charge in [-0.05, 0) is 52.9 Å². The van der Waals surface area contributed by atoms with E-state index in [2.05, 4.69) is 83.9 Å². The van der Waals surface area contributed by atoms with Crippen molar-refractivity contribution in [3.05, 3.63) is 47.8 Å². The van der Waals surface area contributed by atoms with Crippen LogP contribution < -0.4 is 15.5 Å². The summed E-state index contributed by atoms with van der Waals surface area (Å²) in [6.45, 7) is 7.88. The normalized spacial score (nSPS) is 18.5. The van der Waals surface area contributed by atoms with Gasteiger partial charge in [0.1, 0.15) is 0 Å². The summed E-state index contributed by atoms with van der Waals surface area (Å²) in [5.41, 5.74) is 3.79. The summed E-state index contributed by atoms with van der Waals surface area (Å²) in [7, 11) is 6.14. The Morgan fingerprint density at radius 1 is 1.30 bits per heavy atom. The van der Waals surface area contributed by atoms with Crippen LogP contribution in [-0.4, -0.2) is 67.0 Å². The van der Waals surface area contributed by atoms with Gasteiger partial charge in [-0.15, -0.1) is 0 Å². The Labute approximate surface area is 181 Å². The second-order valence-electron chi connectivity index (χ2n) is 8.41. The van der Waals surface area contributed by atoms with Crippen molar-refractivity contribution in [2.45, 2.75) is 38.8 Å². The number of aryl methyl sites for hydroxylation is 2. The fraction of sp³-hybridized carbons (Fsp3) is 0.565. The number of likely N-dealkylation sites (N-methyl/N-ethyl adjacent to an activating group) is 1. The Hall–Kier alpha value is -2.54. The van der Waals surface area contributed by atoms with E-state index in [1.54, 1.807) is 0 Å². The van der Waals surface area contributed by atoms with Gasteiger partial charge in [-0.1, -0.05) is 17.7 Å². The minimum absolute atomic E-state index is 0.199. The number of piperidine rings is 1. The first kappa shape index (κ1) is 22.2. The summed E-state index contributed by atoms with van der Waals surface area (Å²) in [6.07, 6.45) is 6.34. The highest BCUT2D eigenvalue weighted by Gasteiger charge is 2.22. The first-order valence-electron chi connectivity index (χ1n) is 11.0. The number of benzene rings is 1. The molecule has 0 amide bonds. The first-order chi connectivity index (χ1) is 14.5. The summed E-state index contributed by atoms with van der Waals surface area (Å²) < 4.78 is 1.85. The van der Waals surface area contributed by atoms with E-state index in [4.69, 9.17) is 4.99 Å². The molecule has 7 nitrogen and oxygen atoms in total. The topological polar surface area (TPSA) is 60.7 Å². The van der Waals surface area contributed by atoms with E-state index in [1.165, 1.54) is 23.2 Å². The molecule has 0 saturated carbocycles. The average molecular weight is 412 g/mol. The second kappa shape index (κ2) is 10.5. The van der Waals surface area contributed by atoms with Crippen molar-refractivity contribution in [2.24, 2.45) is 12.0 Å². The Morgan fingerprint density at radius 3 is 2.70 bits per heavy atom. The van der Waals surface area contributed by atoms with Gasteiger partial charge in [-0.25, -0.2) is 0 Å². The van der Waals surface area contributed by atoms with Crippen molar-refractivity contribution in [3.8, 4) is 0 Å². The first-order valence-corrected chi connectivity index (χ1v) is 11.0. The number of rotatable bonds is 7. The fourth-order valence-electron chi connectivity index (χ4n) is 3.96. The highest BCUT2D eigenvalue weighted by Crippen LogP contribution is 2.21. The second-order valence-corrected chi connectivity index (χ2v) is 8.41. The maximum Gasteiger partial charge on any atom is 0.191 e. The number of nitrogens with zero attached hydrogens (tertiary/aromatic N) is 5. The van der Waals surface area contributed by atoms with Gasteiger partial charge < -0.3 is 20.4 Å². The molecule has 30 heavy (non-hydrogen) atoms.